The van der Waals surface area contributed by atoms with Gasteiger partial charge in [0.25, 0.3) is 5.22 Å². The Labute approximate surface area is 228 Å². The van der Waals surface area contributed by atoms with Gasteiger partial charge in [-0.3, -0.25) is 4.79 Å². The molecule has 1 N–H and O–H groups in total. The Morgan fingerprint density at radius 2 is 1.64 bits per heavy atom. The third-order valence-corrected chi connectivity index (χ3v) is 8.30. The van der Waals surface area contributed by atoms with Crippen molar-refractivity contribution in [2.24, 2.45) is 0 Å². The maximum absolute atomic E-state index is 12.8. The fraction of sp³-hybridized carbons (Fsp3) is 0.536. The van der Waals surface area contributed by atoms with Gasteiger partial charge in [0.15, 0.2) is 5.58 Å². The number of oxazole rings is 1. The Balaban J connectivity index is 1.35. The standard InChI is InChI=1S/C28H39N3O2S3/c1-19(2)35-24-18-21(5)29-27(36-20(3)4)26(24)31-25(32)16-10-8-6-7-9-13-17-34-28-30-22-14-11-12-15-23(22)33-28/h11-12,14-15,18-20H,6-10,13,16-17H2,1-5H3,(H,31,32). The largest absolute Gasteiger partial charge is 0.431 e. The highest BCUT2D eigenvalue weighted by atomic mass is 32.2. The topological polar surface area (TPSA) is 68.0 Å². The first kappa shape index (κ1) is 28.9. The van der Waals surface area contributed by atoms with E-state index >= 15 is 0 Å². The second-order valence-corrected chi connectivity index (χ2v) is 13.7. The van der Waals surface area contributed by atoms with E-state index in [-0.39, 0.29) is 5.91 Å². The maximum atomic E-state index is 12.8. The van der Waals surface area contributed by atoms with Crippen LogP contribution in [0.25, 0.3) is 11.1 Å². The molecule has 0 fully saturated rings. The third kappa shape index (κ3) is 9.67. The number of hydrogen-bond acceptors (Lipinski definition) is 7. The van der Waals surface area contributed by atoms with Gasteiger partial charge in [0.1, 0.15) is 10.5 Å². The number of carbonyl (C=O) groups excluding carboxylic acids is 1. The molecule has 5 nitrogen and oxygen atoms in total. The number of rotatable bonds is 15. The zero-order valence-corrected chi connectivity index (χ0v) is 24.6. The number of unbranched alkanes of at least 4 members (excludes halogenated alkanes) is 5. The first-order chi connectivity index (χ1) is 17.3. The second-order valence-electron chi connectivity index (χ2n) is 9.49. The Kier molecular flexibility index (Phi) is 12.0. The van der Waals surface area contributed by atoms with Crippen molar-refractivity contribution in [3.05, 3.63) is 36.0 Å². The fourth-order valence-electron chi connectivity index (χ4n) is 3.76. The zero-order chi connectivity index (χ0) is 25.9. The molecule has 0 aliphatic rings. The predicted octanol–water partition coefficient (Wildman–Crippen LogP) is 8.99. The van der Waals surface area contributed by atoms with Gasteiger partial charge >= 0.3 is 0 Å². The van der Waals surface area contributed by atoms with Crippen molar-refractivity contribution in [1.82, 2.24) is 9.97 Å². The molecule has 1 aromatic carbocycles. The molecule has 0 saturated heterocycles. The number of aryl methyl sites for hydroxylation is 1. The number of hydrogen-bond donors (Lipinski definition) is 1. The van der Waals surface area contributed by atoms with Gasteiger partial charge in [-0.1, -0.05) is 77.3 Å². The normalized spacial score (nSPS) is 11.6. The van der Waals surface area contributed by atoms with E-state index in [4.69, 9.17) is 9.40 Å². The van der Waals surface area contributed by atoms with Gasteiger partial charge in [-0.25, -0.2) is 9.97 Å². The Hall–Kier alpha value is -1.64. The lowest BCUT2D eigenvalue weighted by Gasteiger charge is -2.18. The molecule has 0 aliphatic heterocycles. The van der Waals surface area contributed by atoms with Gasteiger partial charge in [-0.05, 0) is 38.0 Å². The van der Waals surface area contributed by atoms with Gasteiger partial charge in [0, 0.05) is 33.3 Å². The fourth-order valence-corrected chi connectivity index (χ4v) is 6.59. The summed E-state index contributed by atoms with van der Waals surface area (Å²) in [7, 11) is 0. The summed E-state index contributed by atoms with van der Waals surface area (Å²) in [5.74, 6) is 1.11. The minimum atomic E-state index is 0.0894. The molecule has 0 aliphatic carbocycles. The number of amides is 1. The van der Waals surface area contributed by atoms with Crippen LogP contribution in [0.1, 0.15) is 78.3 Å². The third-order valence-electron chi connectivity index (χ3n) is 5.35. The molecule has 0 spiro atoms. The van der Waals surface area contributed by atoms with Crippen LogP contribution >= 0.6 is 35.3 Å². The first-order valence-electron chi connectivity index (χ1n) is 12.9. The van der Waals surface area contributed by atoms with E-state index in [0.29, 0.717) is 16.9 Å². The van der Waals surface area contributed by atoms with E-state index in [2.05, 4.69) is 44.1 Å². The molecule has 0 radical (unpaired) electrons. The molecule has 36 heavy (non-hydrogen) atoms. The second kappa shape index (κ2) is 14.9. The summed E-state index contributed by atoms with van der Waals surface area (Å²) in [5, 5.41) is 5.73. The quantitative estimate of drug-likeness (QED) is 0.151. The summed E-state index contributed by atoms with van der Waals surface area (Å²) >= 11 is 5.19. The number of aromatic nitrogens is 2. The number of carbonyl (C=O) groups is 1. The van der Waals surface area contributed by atoms with Crippen LogP contribution in [0.3, 0.4) is 0 Å². The Morgan fingerprint density at radius 1 is 0.944 bits per heavy atom. The number of pyridine rings is 1. The summed E-state index contributed by atoms with van der Waals surface area (Å²) in [6.45, 7) is 10.7. The molecule has 2 aromatic heterocycles. The van der Waals surface area contributed by atoms with Gasteiger partial charge in [0.2, 0.25) is 5.91 Å². The molecule has 0 saturated carbocycles. The Bertz CT molecular complexity index is 1050. The molecular formula is C28H39N3O2S3. The highest BCUT2D eigenvalue weighted by Gasteiger charge is 2.17. The number of thioether (sulfide) groups is 3. The minimum absolute atomic E-state index is 0.0894. The number of fused-ring (bicyclic) bond motifs is 1. The van der Waals surface area contributed by atoms with Crippen molar-refractivity contribution in [2.75, 3.05) is 11.1 Å². The minimum Gasteiger partial charge on any atom is -0.431 e. The van der Waals surface area contributed by atoms with Gasteiger partial charge < -0.3 is 9.73 Å². The van der Waals surface area contributed by atoms with Gasteiger partial charge in [-0.15, -0.1) is 23.5 Å². The molecule has 1 amide bonds. The van der Waals surface area contributed by atoms with Crippen molar-refractivity contribution >= 4 is 58.0 Å². The monoisotopic (exact) mass is 545 g/mol. The van der Waals surface area contributed by atoms with Crippen LogP contribution in [-0.2, 0) is 4.79 Å². The van der Waals surface area contributed by atoms with Crippen molar-refractivity contribution < 1.29 is 9.21 Å². The highest BCUT2D eigenvalue weighted by molar-refractivity contribution is 8.01. The first-order valence-corrected chi connectivity index (χ1v) is 15.7. The predicted molar refractivity (Wildman–Crippen MR) is 157 cm³/mol. The average Bonchev–Trinajstić information content (AvgIpc) is 3.22. The van der Waals surface area contributed by atoms with Crippen molar-refractivity contribution in [1.29, 1.82) is 0 Å². The summed E-state index contributed by atoms with van der Waals surface area (Å²) in [5.41, 5.74) is 3.66. The molecule has 8 heteroatoms. The van der Waals surface area contributed by atoms with Crippen LogP contribution in [0, 0.1) is 6.92 Å². The molecule has 0 bridgehead atoms. The van der Waals surface area contributed by atoms with E-state index < -0.39 is 0 Å². The summed E-state index contributed by atoms with van der Waals surface area (Å²) < 4.78 is 5.76. The van der Waals surface area contributed by atoms with E-state index in [1.54, 1.807) is 35.3 Å². The molecular weight excluding hydrogens is 507 g/mol. The summed E-state index contributed by atoms with van der Waals surface area (Å²) in [4.78, 5) is 23.1. The average molecular weight is 546 g/mol. The van der Waals surface area contributed by atoms with Crippen LogP contribution in [0.2, 0.25) is 0 Å². The SMILES string of the molecule is Cc1cc(SC(C)C)c(NC(=O)CCCCCCCCSc2nc3ccccc3o2)c(SC(C)C)n1. The molecule has 3 rings (SSSR count). The van der Waals surface area contributed by atoms with E-state index in [0.717, 1.165) is 69.1 Å². The van der Waals surface area contributed by atoms with E-state index in [9.17, 15) is 4.79 Å². The number of para-hydroxylation sites is 2. The molecule has 0 atom stereocenters. The Morgan fingerprint density at radius 3 is 2.36 bits per heavy atom. The number of nitrogens with zero attached hydrogens (tertiary/aromatic N) is 2. The molecule has 3 aromatic rings. The van der Waals surface area contributed by atoms with E-state index in [1.165, 1.54) is 12.8 Å². The van der Waals surface area contributed by atoms with Gasteiger partial charge in [0.05, 0.1) is 5.69 Å². The van der Waals surface area contributed by atoms with E-state index in [1.807, 2.05) is 31.2 Å². The van der Waals surface area contributed by atoms with Crippen LogP contribution in [0.5, 0.6) is 0 Å². The van der Waals surface area contributed by atoms with Crippen molar-refractivity contribution in [3.8, 4) is 0 Å². The number of benzene rings is 1. The van der Waals surface area contributed by atoms with Crippen LogP contribution in [-0.4, -0.2) is 32.1 Å². The smallest absolute Gasteiger partial charge is 0.256 e. The number of nitrogens with one attached hydrogen (secondary N) is 1. The van der Waals surface area contributed by atoms with Crippen LogP contribution in [0.4, 0.5) is 5.69 Å². The van der Waals surface area contributed by atoms with Crippen LogP contribution < -0.4 is 5.32 Å². The molecule has 196 valence electrons. The maximum Gasteiger partial charge on any atom is 0.256 e. The zero-order valence-electron chi connectivity index (χ0n) is 22.1. The lowest BCUT2D eigenvalue weighted by atomic mass is 10.1. The lowest BCUT2D eigenvalue weighted by Crippen LogP contribution is -2.14. The van der Waals surface area contributed by atoms with Gasteiger partial charge in [-0.2, -0.15) is 0 Å². The van der Waals surface area contributed by atoms with Crippen molar-refractivity contribution in [3.63, 3.8) is 0 Å². The summed E-state index contributed by atoms with van der Waals surface area (Å²) in [6, 6.07) is 9.98. The van der Waals surface area contributed by atoms with Crippen molar-refractivity contribution in [2.45, 2.75) is 105 Å². The highest BCUT2D eigenvalue weighted by Crippen LogP contribution is 2.38. The summed E-state index contributed by atoms with van der Waals surface area (Å²) in [6.07, 6.45) is 7.26. The lowest BCUT2D eigenvalue weighted by molar-refractivity contribution is -0.116. The molecule has 0 unspecified atom stereocenters. The molecule has 2 heterocycles. The number of anilines is 1. The van der Waals surface area contributed by atoms with Crippen LogP contribution in [0.15, 0.2) is 49.9 Å².